The number of halogens is 1. The van der Waals surface area contributed by atoms with E-state index in [0.29, 0.717) is 12.6 Å². The van der Waals surface area contributed by atoms with Gasteiger partial charge in [0, 0.05) is 44.7 Å². The number of fused-ring (bicyclic) bond motifs is 1. The van der Waals surface area contributed by atoms with Crippen molar-refractivity contribution in [3.63, 3.8) is 0 Å². The zero-order chi connectivity index (χ0) is 22.4. The highest BCUT2D eigenvalue weighted by atomic mass is 127. The van der Waals surface area contributed by atoms with Crippen LogP contribution in [-0.4, -0.2) is 53.0 Å². The molecule has 0 saturated heterocycles. The third-order valence-corrected chi connectivity index (χ3v) is 6.72. The lowest BCUT2D eigenvalue weighted by Crippen LogP contribution is -2.55. The number of methoxy groups -OCH3 is 1. The number of aryl methyl sites for hydroxylation is 1. The Morgan fingerprint density at radius 1 is 1.27 bits per heavy atom. The molecule has 8 nitrogen and oxygen atoms in total. The topological polar surface area (TPSA) is 88.4 Å². The molecule has 2 atom stereocenters. The Morgan fingerprint density at radius 3 is 2.73 bits per heavy atom. The second kappa shape index (κ2) is 12.1. The number of hydrogen-bond donors (Lipinski definition) is 3. The van der Waals surface area contributed by atoms with E-state index in [0.717, 1.165) is 43.5 Å². The second-order valence-corrected chi connectivity index (χ2v) is 9.13. The van der Waals surface area contributed by atoms with E-state index in [9.17, 15) is 0 Å². The Morgan fingerprint density at radius 2 is 2.03 bits per heavy atom. The molecule has 0 amide bonds. The molecule has 0 radical (unpaired) electrons. The lowest BCUT2D eigenvalue weighted by molar-refractivity contribution is 0.177. The summed E-state index contributed by atoms with van der Waals surface area (Å²) in [6.07, 6.45) is 6.82. The highest BCUT2D eigenvalue weighted by Gasteiger charge is 2.35. The fourth-order valence-corrected chi connectivity index (χ4v) is 5.02. The molecular weight excluding hydrogens is 529 g/mol. The van der Waals surface area contributed by atoms with Gasteiger partial charge in [0.1, 0.15) is 12.4 Å². The summed E-state index contributed by atoms with van der Waals surface area (Å²) in [5.41, 5.74) is 1.42. The van der Waals surface area contributed by atoms with Gasteiger partial charge in [-0.3, -0.25) is 4.99 Å². The van der Waals surface area contributed by atoms with Crippen molar-refractivity contribution < 1.29 is 4.74 Å². The van der Waals surface area contributed by atoms with Gasteiger partial charge < -0.3 is 20.7 Å². The van der Waals surface area contributed by atoms with Crippen LogP contribution in [0.3, 0.4) is 0 Å². The molecule has 2 unspecified atom stereocenters. The zero-order valence-electron chi connectivity index (χ0n) is 20.0. The van der Waals surface area contributed by atoms with Gasteiger partial charge in [-0.25, -0.2) is 9.67 Å². The number of benzene rings is 1. The van der Waals surface area contributed by atoms with Crippen molar-refractivity contribution in [3.05, 3.63) is 47.5 Å². The lowest BCUT2D eigenvalue weighted by atomic mass is 9.94. The molecule has 33 heavy (non-hydrogen) atoms. The summed E-state index contributed by atoms with van der Waals surface area (Å²) in [7, 11) is 3.52. The molecular formula is C24H38IN7O. The summed E-state index contributed by atoms with van der Waals surface area (Å²) in [5.74, 6) is 2.66. The van der Waals surface area contributed by atoms with E-state index in [1.54, 1.807) is 7.11 Å². The Bertz CT molecular complexity index is 895. The van der Waals surface area contributed by atoms with Gasteiger partial charge in [-0.2, -0.15) is 5.10 Å². The van der Waals surface area contributed by atoms with Crippen LogP contribution in [-0.2, 0) is 24.3 Å². The van der Waals surface area contributed by atoms with Gasteiger partial charge >= 0.3 is 0 Å². The third kappa shape index (κ3) is 6.66. The maximum absolute atomic E-state index is 5.17. The molecule has 9 heteroatoms. The summed E-state index contributed by atoms with van der Waals surface area (Å²) in [5, 5.41) is 15.7. The van der Waals surface area contributed by atoms with E-state index >= 15 is 0 Å². The fraction of sp³-hybridized carbons (Fsp3) is 0.625. The van der Waals surface area contributed by atoms with Crippen molar-refractivity contribution in [3.8, 4) is 0 Å². The van der Waals surface area contributed by atoms with Crippen molar-refractivity contribution in [2.75, 3.05) is 20.7 Å². The molecule has 182 valence electrons. The number of nitrogens with zero attached hydrogens (tertiary/aromatic N) is 4. The minimum absolute atomic E-state index is 0. The average Bonchev–Trinajstić information content (AvgIpc) is 3.44. The Kier molecular flexibility index (Phi) is 9.51. The predicted octanol–water partition coefficient (Wildman–Crippen LogP) is 3.19. The SMILES string of the molecule is CN=C(NCC1(NC(C)c2ccccc2)CCCC1)NC1CCc2nc(COC)nn2C1.I. The number of rotatable bonds is 8. The number of aliphatic imine (C=N–C) groups is 1. The lowest BCUT2D eigenvalue weighted by Gasteiger charge is -2.35. The van der Waals surface area contributed by atoms with Crippen molar-refractivity contribution in [1.29, 1.82) is 0 Å². The maximum atomic E-state index is 5.17. The number of guanidine groups is 1. The van der Waals surface area contributed by atoms with Crippen LogP contribution in [0, 0.1) is 0 Å². The monoisotopic (exact) mass is 567 g/mol. The molecule has 1 aliphatic carbocycles. The van der Waals surface area contributed by atoms with Gasteiger partial charge in [-0.15, -0.1) is 24.0 Å². The molecule has 2 aliphatic rings. The summed E-state index contributed by atoms with van der Waals surface area (Å²) in [6, 6.07) is 11.3. The van der Waals surface area contributed by atoms with Crippen LogP contribution in [0.5, 0.6) is 0 Å². The number of hydrogen-bond acceptors (Lipinski definition) is 5. The van der Waals surface area contributed by atoms with Crippen LogP contribution < -0.4 is 16.0 Å². The molecule has 0 spiro atoms. The van der Waals surface area contributed by atoms with Crippen LogP contribution in [0.25, 0.3) is 0 Å². The van der Waals surface area contributed by atoms with Crippen LogP contribution in [0.1, 0.15) is 62.3 Å². The van der Waals surface area contributed by atoms with Gasteiger partial charge in [0.15, 0.2) is 11.8 Å². The molecule has 1 aromatic heterocycles. The van der Waals surface area contributed by atoms with Gasteiger partial charge in [-0.05, 0) is 31.7 Å². The quantitative estimate of drug-likeness (QED) is 0.258. The number of nitrogens with one attached hydrogen (secondary N) is 3. The van der Waals surface area contributed by atoms with Gasteiger partial charge in [0.05, 0.1) is 6.54 Å². The highest BCUT2D eigenvalue weighted by molar-refractivity contribution is 14.0. The maximum Gasteiger partial charge on any atom is 0.191 e. The Hall–Kier alpha value is -1.72. The van der Waals surface area contributed by atoms with E-state index in [4.69, 9.17) is 4.74 Å². The van der Waals surface area contributed by atoms with E-state index < -0.39 is 0 Å². The van der Waals surface area contributed by atoms with Crippen molar-refractivity contribution in [2.24, 2.45) is 4.99 Å². The summed E-state index contributed by atoms with van der Waals surface area (Å²) < 4.78 is 7.18. The molecule has 1 aromatic carbocycles. The smallest absolute Gasteiger partial charge is 0.191 e. The third-order valence-electron chi connectivity index (χ3n) is 6.72. The first kappa shape index (κ1) is 25.9. The van der Waals surface area contributed by atoms with E-state index in [1.165, 1.54) is 31.2 Å². The van der Waals surface area contributed by atoms with Crippen LogP contribution in [0.4, 0.5) is 0 Å². The standard InChI is InChI=1S/C24H37N7O.HI/c1-18(19-9-5-4-6-10-19)29-24(13-7-8-14-24)17-26-23(25-2)27-20-11-12-22-28-21(16-32-3)30-31(22)15-20;/h4-6,9-10,18,20,29H,7-8,11-17H2,1-3H3,(H2,25,26,27);1H. The first-order chi connectivity index (χ1) is 15.6. The summed E-state index contributed by atoms with van der Waals surface area (Å²) >= 11 is 0. The molecule has 1 aliphatic heterocycles. The minimum atomic E-state index is 0. The summed E-state index contributed by atoms with van der Waals surface area (Å²) in [4.78, 5) is 9.07. The predicted molar refractivity (Wildman–Crippen MR) is 142 cm³/mol. The number of ether oxygens (including phenoxy) is 1. The van der Waals surface area contributed by atoms with Gasteiger partial charge in [-0.1, -0.05) is 43.2 Å². The zero-order valence-corrected chi connectivity index (χ0v) is 22.3. The van der Waals surface area contributed by atoms with Crippen LogP contribution >= 0.6 is 24.0 Å². The van der Waals surface area contributed by atoms with Gasteiger partial charge in [0.25, 0.3) is 0 Å². The highest BCUT2D eigenvalue weighted by Crippen LogP contribution is 2.31. The Balaban J connectivity index is 0.00000306. The first-order valence-electron chi connectivity index (χ1n) is 11.8. The molecule has 2 aromatic rings. The molecule has 1 saturated carbocycles. The molecule has 3 N–H and O–H groups in total. The van der Waals surface area contributed by atoms with E-state index in [1.807, 2.05) is 11.7 Å². The summed E-state index contributed by atoms with van der Waals surface area (Å²) in [6.45, 7) is 4.38. The van der Waals surface area contributed by atoms with E-state index in [-0.39, 0.29) is 35.6 Å². The van der Waals surface area contributed by atoms with Crippen LogP contribution in [0.15, 0.2) is 35.3 Å². The second-order valence-electron chi connectivity index (χ2n) is 9.13. The average molecular weight is 568 g/mol. The van der Waals surface area contributed by atoms with E-state index in [2.05, 4.69) is 68.3 Å². The molecule has 1 fully saturated rings. The van der Waals surface area contributed by atoms with Gasteiger partial charge in [0.2, 0.25) is 0 Å². The van der Waals surface area contributed by atoms with Crippen LogP contribution in [0.2, 0.25) is 0 Å². The Labute approximate surface area is 214 Å². The van der Waals surface area contributed by atoms with Crippen molar-refractivity contribution in [2.45, 2.75) is 76.2 Å². The van der Waals surface area contributed by atoms with Crippen molar-refractivity contribution >= 4 is 29.9 Å². The minimum Gasteiger partial charge on any atom is -0.377 e. The molecule has 4 rings (SSSR count). The first-order valence-corrected chi connectivity index (χ1v) is 11.8. The fourth-order valence-electron chi connectivity index (χ4n) is 5.02. The normalized spacial score (nSPS) is 20.6. The number of aromatic nitrogens is 3. The molecule has 2 heterocycles. The van der Waals surface area contributed by atoms with Crippen molar-refractivity contribution in [1.82, 2.24) is 30.7 Å². The largest absolute Gasteiger partial charge is 0.377 e. The molecule has 0 bridgehead atoms.